The standard InChI is InChI=1S/C13H16BrFINO/c1-9(8-14)3-2-6-17-13(18)11-5-4-10(15)7-12(11)16/h4-5,7,9H,2-3,6,8H2,1H3,(H,17,18). The third-order valence-electron chi connectivity index (χ3n) is 2.60. The van der Waals surface area contributed by atoms with Crippen LogP contribution in [0.15, 0.2) is 18.2 Å². The summed E-state index contributed by atoms with van der Waals surface area (Å²) in [6.07, 6.45) is 2.03. The number of carbonyl (C=O) groups is 1. The van der Waals surface area contributed by atoms with Gasteiger partial charge in [0.05, 0.1) is 5.56 Å². The van der Waals surface area contributed by atoms with E-state index in [1.54, 1.807) is 0 Å². The number of alkyl halides is 1. The Kier molecular flexibility index (Phi) is 7.14. The lowest BCUT2D eigenvalue weighted by atomic mass is 10.1. The van der Waals surface area contributed by atoms with E-state index in [0.29, 0.717) is 21.6 Å². The molecule has 1 rings (SSSR count). The molecule has 5 heteroatoms. The first-order valence-corrected chi connectivity index (χ1v) is 8.04. The van der Waals surface area contributed by atoms with Crippen LogP contribution in [0.4, 0.5) is 4.39 Å². The van der Waals surface area contributed by atoms with E-state index in [1.807, 2.05) is 22.6 Å². The van der Waals surface area contributed by atoms with Crippen molar-refractivity contribution in [2.75, 3.05) is 11.9 Å². The zero-order chi connectivity index (χ0) is 13.5. The van der Waals surface area contributed by atoms with E-state index in [4.69, 9.17) is 0 Å². The van der Waals surface area contributed by atoms with Crippen molar-refractivity contribution in [1.82, 2.24) is 5.32 Å². The van der Waals surface area contributed by atoms with Gasteiger partial charge in [-0.3, -0.25) is 4.79 Å². The van der Waals surface area contributed by atoms with Crippen molar-refractivity contribution < 1.29 is 9.18 Å². The Balaban J connectivity index is 2.41. The van der Waals surface area contributed by atoms with Gasteiger partial charge in [-0.25, -0.2) is 4.39 Å². The van der Waals surface area contributed by atoms with Crippen LogP contribution in [-0.4, -0.2) is 17.8 Å². The highest BCUT2D eigenvalue weighted by Gasteiger charge is 2.10. The first-order chi connectivity index (χ1) is 8.54. The number of hydrogen-bond donors (Lipinski definition) is 1. The summed E-state index contributed by atoms with van der Waals surface area (Å²) >= 11 is 5.40. The number of benzene rings is 1. The van der Waals surface area contributed by atoms with Crippen LogP contribution in [0.25, 0.3) is 0 Å². The topological polar surface area (TPSA) is 29.1 Å². The summed E-state index contributed by atoms with van der Waals surface area (Å²) in [5.41, 5.74) is 0.533. The largest absolute Gasteiger partial charge is 0.352 e. The smallest absolute Gasteiger partial charge is 0.252 e. The van der Waals surface area contributed by atoms with Gasteiger partial charge in [-0.1, -0.05) is 22.9 Å². The lowest BCUT2D eigenvalue weighted by Crippen LogP contribution is -2.25. The molecule has 0 saturated heterocycles. The number of rotatable bonds is 6. The van der Waals surface area contributed by atoms with E-state index < -0.39 is 0 Å². The van der Waals surface area contributed by atoms with Gasteiger partial charge in [0.2, 0.25) is 0 Å². The predicted molar refractivity (Wildman–Crippen MR) is 83.6 cm³/mol. The predicted octanol–water partition coefficient (Wildman–Crippen LogP) is 3.97. The van der Waals surface area contributed by atoms with E-state index in [1.165, 1.54) is 18.2 Å². The Bertz CT molecular complexity index is 414. The fourth-order valence-electron chi connectivity index (χ4n) is 1.50. The lowest BCUT2D eigenvalue weighted by Gasteiger charge is -2.09. The average Bonchev–Trinajstić information content (AvgIpc) is 2.34. The molecule has 100 valence electrons. The molecule has 0 saturated carbocycles. The number of hydrogen-bond acceptors (Lipinski definition) is 1. The van der Waals surface area contributed by atoms with Crippen LogP contribution >= 0.6 is 38.5 Å². The summed E-state index contributed by atoms with van der Waals surface area (Å²) in [5.74, 6) is 0.167. The molecular formula is C13H16BrFINO. The number of nitrogens with one attached hydrogen (secondary N) is 1. The maximum absolute atomic E-state index is 12.9. The molecule has 0 aliphatic heterocycles. The van der Waals surface area contributed by atoms with Gasteiger partial charge in [0, 0.05) is 15.4 Å². The van der Waals surface area contributed by atoms with E-state index in [-0.39, 0.29) is 11.7 Å². The molecule has 0 bridgehead atoms. The van der Waals surface area contributed by atoms with Crippen LogP contribution in [0.3, 0.4) is 0 Å². The van der Waals surface area contributed by atoms with Crippen LogP contribution in [0.2, 0.25) is 0 Å². The first-order valence-electron chi connectivity index (χ1n) is 5.83. The van der Waals surface area contributed by atoms with Crippen molar-refractivity contribution in [2.24, 2.45) is 5.92 Å². The first kappa shape index (κ1) is 15.9. The molecule has 0 fully saturated rings. The molecule has 1 amide bonds. The monoisotopic (exact) mass is 427 g/mol. The van der Waals surface area contributed by atoms with Crippen molar-refractivity contribution in [2.45, 2.75) is 19.8 Å². The highest BCUT2D eigenvalue weighted by molar-refractivity contribution is 14.1. The molecule has 0 heterocycles. The third kappa shape index (κ3) is 5.22. The molecule has 1 aromatic carbocycles. The molecule has 2 nitrogen and oxygen atoms in total. The second-order valence-electron chi connectivity index (χ2n) is 4.28. The normalized spacial score (nSPS) is 12.2. The van der Waals surface area contributed by atoms with Gasteiger partial charge in [-0.05, 0) is 59.5 Å². The van der Waals surface area contributed by atoms with Crippen LogP contribution in [0, 0.1) is 15.3 Å². The van der Waals surface area contributed by atoms with Gasteiger partial charge in [0.15, 0.2) is 0 Å². The fourth-order valence-corrected chi connectivity index (χ4v) is 2.54. The lowest BCUT2D eigenvalue weighted by molar-refractivity contribution is 0.0951. The van der Waals surface area contributed by atoms with E-state index >= 15 is 0 Å². The Morgan fingerprint density at radius 1 is 1.56 bits per heavy atom. The highest BCUT2D eigenvalue weighted by atomic mass is 127. The van der Waals surface area contributed by atoms with Crippen LogP contribution in [-0.2, 0) is 0 Å². The summed E-state index contributed by atoms with van der Waals surface area (Å²) in [6, 6.07) is 4.19. The molecule has 1 atom stereocenters. The Hall–Kier alpha value is -0.170. The molecule has 0 radical (unpaired) electrons. The van der Waals surface area contributed by atoms with Gasteiger partial charge >= 0.3 is 0 Å². The van der Waals surface area contributed by atoms with Crippen molar-refractivity contribution in [1.29, 1.82) is 0 Å². The molecule has 0 spiro atoms. The number of halogens is 3. The summed E-state index contributed by atoms with van der Waals surface area (Å²) < 4.78 is 13.5. The van der Waals surface area contributed by atoms with Crippen LogP contribution in [0.5, 0.6) is 0 Å². The van der Waals surface area contributed by atoms with Crippen molar-refractivity contribution in [3.8, 4) is 0 Å². The minimum Gasteiger partial charge on any atom is -0.352 e. The Labute approximate surface area is 129 Å². The van der Waals surface area contributed by atoms with Crippen LogP contribution < -0.4 is 5.32 Å². The van der Waals surface area contributed by atoms with Crippen LogP contribution in [0.1, 0.15) is 30.1 Å². The quantitative estimate of drug-likeness (QED) is 0.415. The van der Waals surface area contributed by atoms with Crippen molar-refractivity contribution in [3.05, 3.63) is 33.1 Å². The third-order valence-corrected chi connectivity index (χ3v) is 4.60. The summed E-state index contributed by atoms with van der Waals surface area (Å²) in [6.45, 7) is 2.82. The summed E-state index contributed by atoms with van der Waals surface area (Å²) in [5, 5.41) is 3.84. The second-order valence-corrected chi connectivity index (χ2v) is 6.09. The van der Waals surface area contributed by atoms with E-state index in [9.17, 15) is 9.18 Å². The molecule has 1 aromatic rings. The number of carbonyl (C=O) groups excluding carboxylic acids is 1. The Morgan fingerprint density at radius 3 is 2.89 bits per heavy atom. The minimum atomic E-state index is -0.318. The number of amides is 1. The molecular weight excluding hydrogens is 412 g/mol. The molecule has 1 N–H and O–H groups in total. The highest BCUT2D eigenvalue weighted by Crippen LogP contribution is 2.14. The van der Waals surface area contributed by atoms with Gasteiger partial charge in [0.25, 0.3) is 5.91 Å². The maximum atomic E-state index is 12.9. The zero-order valence-electron chi connectivity index (χ0n) is 10.2. The van der Waals surface area contributed by atoms with Gasteiger partial charge in [-0.15, -0.1) is 0 Å². The van der Waals surface area contributed by atoms with Gasteiger partial charge in [-0.2, -0.15) is 0 Å². The zero-order valence-corrected chi connectivity index (χ0v) is 13.9. The minimum absolute atomic E-state index is 0.133. The van der Waals surface area contributed by atoms with Gasteiger partial charge in [0.1, 0.15) is 5.82 Å². The second kappa shape index (κ2) is 8.09. The molecule has 1 unspecified atom stereocenters. The average molecular weight is 428 g/mol. The van der Waals surface area contributed by atoms with Crippen molar-refractivity contribution >= 4 is 44.4 Å². The summed E-state index contributed by atoms with van der Waals surface area (Å²) in [4.78, 5) is 11.8. The van der Waals surface area contributed by atoms with E-state index in [2.05, 4.69) is 28.2 Å². The summed E-state index contributed by atoms with van der Waals surface area (Å²) in [7, 11) is 0. The SMILES string of the molecule is CC(CBr)CCCNC(=O)c1ccc(F)cc1I. The maximum Gasteiger partial charge on any atom is 0.252 e. The fraction of sp³-hybridized carbons (Fsp3) is 0.462. The van der Waals surface area contributed by atoms with E-state index in [0.717, 1.165) is 18.2 Å². The Morgan fingerprint density at radius 2 is 2.28 bits per heavy atom. The molecule has 0 aliphatic rings. The molecule has 0 aliphatic carbocycles. The van der Waals surface area contributed by atoms with Crippen molar-refractivity contribution in [3.63, 3.8) is 0 Å². The van der Waals surface area contributed by atoms with Gasteiger partial charge < -0.3 is 5.32 Å². The molecule has 0 aromatic heterocycles. The molecule has 18 heavy (non-hydrogen) atoms.